The molecule has 3 nitrogen and oxygen atoms in total. The van der Waals surface area contributed by atoms with E-state index in [1.54, 1.807) is 0 Å². The molecule has 1 spiro atoms. The third kappa shape index (κ3) is 1.62. The summed E-state index contributed by atoms with van der Waals surface area (Å²) in [7, 11) is 0. The van der Waals surface area contributed by atoms with Crippen LogP contribution in [-0.2, 0) is 4.74 Å². The van der Waals surface area contributed by atoms with E-state index in [2.05, 4.69) is 18.4 Å². The Balaban J connectivity index is 1.53. The van der Waals surface area contributed by atoms with Gasteiger partial charge >= 0.3 is 0 Å². The molecule has 0 radical (unpaired) electrons. The van der Waals surface area contributed by atoms with E-state index >= 15 is 0 Å². The van der Waals surface area contributed by atoms with Crippen LogP contribution < -0.4 is 0 Å². The van der Waals surface area contributed by atoms with Gasteiger partial charge in [0.2, 0.25) is 0 Å². The van der Waals surface area contributed by atoms with Crippen molar-refractivity contribution in [2.75, 3.05) is 19.7 Å². The molecule has 2 saturated heterocycles. The van der Waals surface area contributed by atoms with Crippen molar-refractivity contribution in [1.29, 1.82) is 0 Å². The van der Waals surface area contributed by atoms with Crippen LogP contribution in [0.1, 0.15) is 58.3 Å². The minimum atomic E-state index is -0.259. The number of nitrogens with zero attached hydrogens (tertiary/aromatic N) is 1. The Hall–Kier alpha value is -0.380. The summed E-state index contributed by atoms with van der Waals surface area (Å²) in [6, 6.07) is 0. The van der Waals surface area contributed by atoms with Gasteiger partial charge in [0, 0.05) is 23.9 Å². The normalized spacial score (nSPS) is 60.1. The molecule has 4 aliphatic carbocycles. The van der Waals surface area contributed by atoms with Crippen LogP contribution in [0.15, 0.2) is 12.2 Å². The van der Waals surface area contributed by atoms with Crippen molar-refractivity contribution >= 4 is 0 Å². The van der Waals surface area contributed by atoms with Crippen LogP contribution >= 0.6 is 0 Å². The molecule has 3 heteroatoms. The maximum atomic E-state index is 11.3. The molecule has 4 bridgehead atoms. The summed E-state index contributed by atoms with van der Waals surface area (Å²) in [5, 5.41) is 11.3. The third-order valence-corrected chi connectivity index (χ3v) is 9.95. The number of rotatable bonds is 0. The smallest absolute Gasteiger partial charge is 0.117 e. The molecule has 0 aromatic rings. The highest BCUT2D eigenvalue weighted by Crippen LogP contribution is 2.75. The highest BCUT2D eigenvalue weighted by molar-refractivity contribution is 5.29. The van der Waals surface area contributed by atoms with E-state index in [4.69, 9.17) is 4.74 Å². The second-order valence-corrected chi connectivity index (χ2v) is 10.6. The predicted octanol–water partition coefficient (Wildman–Crippen LogP) is 3.58. The molecule has 25 heavy (non-hydrogen) atoms. The summed E-state index contributed by atoms with van der Waals surface area (Å²) in [5.74, 6) is 2.01. The van der Waals surface area contributed by atoms with Crippen LogP contribution in [0.2, 0.25) is 0 Å². The maximum absolute atomic E-state index is 11.3. The Labute approximate surface area is 151 Å². The van der Waals surface area contributed by atoms with Crippen molar-refractivity contribution in [2.45, 2.75) is 70.6 Å². The molecule has 4 saturated carbocycles. The van der Waals surface area contributed by atoms with Crippen molar-refractivity contribution < 1.29 is 9.84 Å². The summed E-state index contributed by atoms with van der Waals surface area (Å²) in [6.45, 7) is 10.2. The van der Waals surface area contributed by atoms with Gasteiger partial charge < -0.3 is 9.84 Å². The maximum Gasteiger partial charge on any atom is 0.117 e. The van der Waals surface area contributed by atoms with E-state index in [0.717, 1.165) is 24.6 Å². The molecule has 0 aromatic heterocycles. The van der Waals surface area contributed by atoms with Gasteiger partial charge in [0.15, 0.2) is 0 Å². The van der Waals surface area contributed by atoms with Gasteiger partial charge in [-0.1, -0.05) is 19.9 Å². The van der Waals surface area contributed by atoms with Crippen LogP contribution in [0.5, 0.6) is 0 Å². The molecule has 6 aliphatic rings. The minimum absolute atomic E-state index is 0.115. The van der Waals surface area contributed by atoms with Crippen molar-refractivity contribution in [3.8, 4) is 0 Å². The quantitative estimate of drug-likeness (QED) is 0.683. The zero-order chi connectivity index (χ0) is 17.0. The van der Waals surface area contributed by atoms with Crippen molar-refractivity contribution in [1.82, 2.24) is 4.90 Å². The van der Waals surface area contributed by atoms with Crippen LogP contribution in [-0.4, -0.2) is 42.0 Å². The second-order valence-electron chi connectivity index (χ2n) is 10.6. The molecule has 6 fully saturated rings. The molecule has 6 rings (SSSR count). The molecular weight excluding hydrogens is 310 g/mol. The molecular formula is C22H33NO2. The highest BCUT2D eigenvalue weighted by Gasteiger charge is 2.73. The van der Waals surface area contributed by atoms with Crippen LogP contribution in [0.4, 0.5) is 0 Å². The largest absolute Gasteiger partial charge is 0.388 e. The lowest BCUT2D eigenvalue weighted by molar-refractivity contribution is -0.276. The summed E-state index contributed by atoms with van der Waals surface area (Å²) < 4.78 is 6.48. The average Bonchev–Trinajstić information content (AvgIpc) is 3.12. The molecule has 2 heterocycles. The molecule has 0 aromatic carbocycles. The first kappa shape index (κ1) is 15.7. The first-order valence-electron chi connectivity index (χ1n) is 10.7. The lowest BCUT2D eigenvalue weighted by Gasteiger charge is -2.70. The Bertz CT molecular complexity index is 634. The Kier molecular flexibility index (Phi) is 2.95. The molecule has 8 atom stereocenters. The Morgan fingerprint density at radius 1 is 1.16 bits per heavy atom. The van der Waals surface area contributed by atoms with Crippen LogP contribution in [0.25, 0.3) is 0 Å². The fraction of sp³-hybridized carbons (Fsp3) is 0.909. The fourth-order valence-corrected chi connectivity index (χ4v) is 9.31. The van der Waals surface area contributed by atoms with E-state index in [1.165, 1.54) is 57.9 Å². The van der Waals surface area contributed by atoms with Gasteiger partial charge in [-0.05, 0) is 73.7 Å². The van der Waals surface area contributed by atoms with Gasteiger partial charge in [0.05, 0.1) is 12.7 Å². The first-order valence-corrected chi connectivity index (χ1v) is 10.7. The van der Waals surface area contributed by atoms with Crippen molar-refractivity contribution in [3.05, 3.63) is 12.2 Å². The highest BCUT2D eigenvalue weighted by atomic mass is 16.5. The van der Waals surface area contributed by atoms with Gasteiger partial charge in [-0.2, -0.15) is 0 Å². The van der Waals surface area contributed by atoms with Gasteiger partial charge in [0.1, 0.15) is 6.23 Å². The molecule has 0 amide bonds. The first-order chi connectivity index (χ1) is 12.0. The SMILES string of the molecule is C=C1[C@@H]2CC[C@@H]3[C@@](CC[C@@H]4[C@@]5(C)CCC[C@]43[C@H]3OCCN3C5)(C2)[C@H]1O. The minimum Gasteiger partial charge on any atom is -0.388 e. The monoisotopic (exact) mass is 343 g/mol. The molecule has 2 aliphatic heterocycles. The number of piperidine rings is 1. The lowest BCUT2D eigenvalue weighted by atomic mass is 9.38. The van der Waals surface area contributed by atoms with Gasteiger partial charge in [-0.25, -0.2) is 0 Å². The topological polar surface area (TPSA) is 32.7 Å². The summed E-state index contributed by atoms with van der Waals surface area (Å²) in [5.41, 5.74) is 2.03. The van der Waals surface area contributed by atoms with Gasteiger partial charge in [0.25, 0.3) is 0 Å². The van der Waals surface area contributed by atoms with E-state index in [1.807, 2.05) is 0 Å². The van der Waals surface area contributed by atoms with Crippen LogP contribution in [0, 0.1) is 34.0 Å². The number of hydrogen-bond donors (Lipinski definition) is 1. The number of fused-ring (bicyclic) bond motifs is 2. The zero-order valence-electron chi connectivity index (χ0n) is 15.7. The standard InChI is InChI=1S/C22H33NO2/c1-14-15-4-5-17-21(12-15,18(14)24)9-6-16-20(2)7-3-8-22(16,17)19-23(13-20)10-11-25-19/h15-19,24H,1,3-13H2,2H3/t15-,16-,17-,18+,19-,20+,21-,22+/m1/s1. The van der Waals surface area contributed by atoms with Crippen molar-refractivity contribution in [2.24, 2.45) is 34.0 Å². The third-order valence-electron chi connectivity index (χ3n) is 9.95. The Morgan fingerprint density at radius 3 is 2.92 bits per heavy atom. The lowest BCUT2D eigenvalue weighted by Crippen LogP contribution is -2.71. The van der Waals surface area contributed by atoms with E-state index in [9.17, 15) is 5.11 Å². The molecule has 1 N–H and O–H groups in total. The number of ether oxygens (including phenoxy) is 1. The van der Waals surface area contributed by atoms with E-state index in [0.29, 0.717) is 23.5 Å². The van der Waals surface area contributed by atoms with Gasteiger partial charge in [-0.3, -0.25) is 4.90 Å². The van der Waals surface area contributed by atoms with Crippen molar-refractivity contribution in [3.63, 3.8) is 0 Å². The van der Waals surface area contributed by atoms with Crippen LogP contribution in [0.3, 0.4) is 0 Å². The molecule has 138 valence electrons. The summed E-state index contributed by atoms with van der Waals surface area (Å²) in [6.07, 6.45) is 10.4. The average molecular weight is 344 g/mol. The Morgan fingerprint density at radius 2 is 2.04 bits per heavy atom. The van der Waals surface area contributed by atoms with Gasteiger partial charge in [-0.15, -0.1) is 0 Å². The number of aliphatic hydroxyl groups excluding tert-OH is 1. The van der Waals surface area contributed by atoms with E-state index < -0.39 is 0 Å². The fourth-order valence-electron chi connectivity index (χ4n) is 9.31. The summed E-state index contributed by atoms with van der Waals surface area (Å²) in [4.78, 5) is 2.69. The number of aliphatic hydroxyl groups is 1. The predicted molar refractivity (Wildman–Crippen MR) is 96.8 cm³/mol. The van der Waals surface area contributed by atoms with E-state index in [-0.39, 0.29) is 16.9 Å². The number of hydrogen-bond acceptors (Lipinski definition) is 3. The summed E-state index contributed by atoms with van der Waals surface area (Å²) >= 11 is 0. The second kappa shape index (κ2) is 4.72. The molecule has 0 unspecified atom stereocenters. The zero-order valence-corrected chi connectivity index (χ0v) is 15.7.